The van der Waals surface area contributed by atoms with Gasteiger partial charge in [0.25, 0.3) is 10.0 Å². The molecule has 2 aromatic rings. The number of amides is 1. The molecule has 1 amide bonds. The number of nitrogens with zero attached hydrogens (tertiary/aromatic N) is 1. The summed E-state index contributed by atoms with van der Waals surface area (Å²) in [6.45, 7) is 3.61. The Bertz CT molecular complexity index is 944. The van der Waals surface area contributed by atoms with Crippen molar-refractivity contribution in [1.29, 1.82) is 0 Å². The van der Waals surface area contributed by atoms with Gasteiger partial charge in [-0.3, -0.25) is 9.52 Å². The molecule has 1 heterocycles. The Hall–Kier alpha value is -2.54. The zero-order valence-corrected chi connectivity index (χ0v) is 15.4. The summed E-state index contributed by atoms with van der Waals surface area (Å²) < 4.78 is 33.3. The minimum atomic E-state index is -3.73. The Morgan fingerprint density at radius 2 is 1.76 bits per heavy atom. The molecule has 0 unspecified atom stereocenters. The molecule has 1 N–H and O–H groups in total. The molecule has 0 radical (unpaired) electrons. The van der Waals surface area contributed by atoms with E-state index in [9.17, 15) is 13.2 Å². The summed E-state index contributed by atoms with van der Waals surface area (Å²) in [6.07, 6.45) is 0.280. The van der Waals surface area contributed by atoms with E-state index in [4.69, 9.17) is 4.74 Å². The second-order valence-corrected chi connectivity index (χ2v) is 7.85. The smallest absolute Gasteiger partial charge is 0.261 e. The van der Waals surface area contributed by atoms with E-state index in [1.165, 1.54) is 0 Å². The highest BCUT2D eigenvalue weighted by molar-refractivity contribution is 7.92. The van der Waals surface area contributed by atoms with Crippen LogP contribution in [-0.2, 0) is 21.2 Å². The van der Waals surface area contributed by atoms with E-state index in [2.05, 4.69) is 4.72 Å². The van der Waals surface area contributed by atoms with Gasteiger partial charge in [0.2, 0.25) is 5.91 Å². The lowest BCUT2D eigenvalue weighted by molar-refractivity contribution is -0.117. The predicted octanol–water partition coefficient (Wildman–Crippen LogP) is 2.63. The van der Waals surface area contributed by atoms with E-state index >= 15 is 0 Å². The van der Waals surface area contributed by atoms with Crippen molar-refractivity contribution in [1.82, 2.24) is 0 Å². The number of nitrogens with one attached hydrogen (secondary N) is 1. The number of aryl methyl sites for hydroxylation is 2. The first kappa shape index (κ1) is 17.3. The molecule has 0 spiro atoms. The molecule has 0 aromatic heterocycles. The van der Waals surface area contributed by atoms with Gasteiger partial charge in [0.15, 0.2) is 0 Å². The van der Waals surface area contributed by atoms with Crippen LogP contribution in [0.5, 0.6) is 5.75 Å². The van der Waals surface area contributed by atoms with Gasteiger partial charge in [0.1, 0.15) is 5.75 Å². The molecule has 1 aliphatic heterocycles. The van der Waals surface area contributed by atoms with Crippen molar-refractivity contribution in [3.05, 3.63) is 47.0 Å². The van der Waals surface area contributed by atoms with E-state index in [0.29, 0.717) is 11.4 Å². The molecule has 132 valence electrons. The minimum Gasteiger partial charge on any atom is -0.496 e. The third-order valence-corrected chi connectivity index (χ3v) is 5.72. The van der Waals surface area contributed by atoms with Gasteiger partial charge in [-0.05, 0) is 60.9 Å². The fourth-order valence-electron chi connectivity index (χ4n) is 3.14. The third kappa shape index (κ3) is 3.07. The normalized spacial score (nSPS) is 13.8. The Morgan fingerprint density at radius 1 is 1.12 bits per heavy atom. The van der Waals surface area contributed by atoms with E-state index in [0.717, 1.165) is 22.4 Å². The largest absolute Gasteiger partial charge is 0.496 e. The third-order valence-electron chi connectivity index (χ3n) is 4.36. The molecular weight excluding hydrogens is 340 g/mol. The Balaban J connectivity index is 1.93. The standard InChI is InChI=1S/C18H20N2O4S/c1-11-7-15(8-12(2)18(11)24-4)25(22,23)19-14-5-6-16-13(9-14)10-17(21)20(16)3/h5-9,19H,10H2,1-4H3. The zero-order valence-electron chi connectivity index (χ0n) is 14.6. The first-order chi connectivity index (χ1) is 11.7. The number of likely N-dealkylation sites (N-methyl/N-ethyl adjacent to an activating group) is 1. The summed E-state index contributed by atoms with van der Waals surface area (Å²) in [5.74, 6) is 0.675. The highest BCUT2D eigenvalue weighted by Gasteiger charge is 2.25. The number of benzene rings is 2. The summed E-state index contributed by atoms with van der Waals surface area (Å²) in [6, 6.07) is 8.28. The number of carbonyl (C=O) groups is 1. The number of anilines is 2. The summed E-state index contributed by atoms with van der Waals surface area (Å²) in [7, 11) is -0.462. The minimum absolute atomic E-state index is 0.00332. The number of hydrogen-bond acceptors (Lipinski definition) is 4. The average Bonchev–Trinajstić information content (AvgIpc) is 2.81. The van der Waals surface area contributed by atoms with Gasteiger partial charge in [0, 0.05) is 18.4 Å². The van der Waals surface area contributed by atoms with Gasteiger partial charge in [-0.15, -0.1) is 0 Å². The SMILES string of the molecule is COc1c(C)cc(S(=O)(=O)Nc2ccc3c(c2)CC(=O)N3C)cc1C. The fraction of sp³-hybridized carbons (Fsp3) is 0.278. The average molecular weight is 360 g/mol. The molecule has 25 heavy (non-hydrogen) atoms. The molecule has 2 aromatic carbocycles. The molecule has 0 atom stereocenters. The van der Waals surface area contributed by atoms with Gasteiger partial charge < -0.3 is 9.64 Å². The summed E-state index contributed by atoms with van der Waals surface area (Å²) >= 11 is 0. The van der Waals surface area contributed by atoms with Crippen molar-refractivity contribution < 1.29 is 17.9 Å². The summed E-state index contributed by atoms with van der Waals surface area (Å²) in [5, 5.41) is 0. The van der Waals surface area contributed by atoms with Crippen LogP contribution in [0.2, 0.25) is 0 Å². The van der Waals surface area contributed by atoms with Crippen LogP contribution in [0.15, 0.2) is 35.2 Å². The highest BCUT2D eigenvalue weighted by atomic mass is 32.2. The topological polar surface area (TPSA) is 75.7 Å². The van der Waals surface area contributed by atoms with Crippen molar-refractivity contribution >= 4 is 27.3 Å². The lowest BCUT2D eigenvalue weighted by Gasteiger charge is -2.14. The number of methoxy groups -OCH3 is 1. The van der Waals surface area contributed by atoms with Crippen molar-refractivity contribution in [2.45, 2.75) is 25.2 Å². The van der Waals surface area contributed by atoms with Crippen molar-refractivity contribution in [3.63, 3.8) is 0 Å². The van der Waals surface area contributed by atoms with Gasteiger partial charge in [-0.1, -0.05) is 0 Å². The van der Waals surface area contributed by atoms with Crippen LogP contribution >= 0.6 is 0 Å². The highest BCUT2D eigenvalue weighted by Crippen LogP contribution is 2.32. The van der Waals surface area contributed by atoms with Crippen molar-refractivity contribution in [3.8, 4) is 5.75 Å². The number of fused-ring (bicyclic) bond motifs is 1. The van der Waals surface area contributed by atoms with E-state index in [-0.39, 0.29) is 17.2 Å². The number of hydrogen-bond donors (Lipinski definition) is 1. The lowest BCUT2D eigenvalue weighted by Crippen LogP contribution is -2.20. The summed E-state index contributed by atoms with van der Waals surface area (Å²) in [4.78, 5) is 13.5. The molecular formula is C18H20N2O4S. The van der Waals surface area contributed by atoms with Crippen LogP contribution < -0.4 is 14.4 Å². The number of ether oxygens (including phenoxy) is 1. The van der Waals surface area contributed by atoms with Crippen LogP contribution in [0, 0.1) is 13.8 Å². The lowest BCUT2D eigenvalue weighted by atomic mass is 10.1. The fourth-order valence-corrected chi connectivity index (χ4v) is 4.35. The Kier molecular flexibility index (Phi) is 4.20. The Morgan fingerprint density at radius 3 is 2.36 bits per heavy atom. The maximum atomic E-state index is 12.7. The quantitative estimate of drug-likeness (QED) is 0.909. The molecule has 6 nitrogen and oxygen atoms in total. The van der Waals surface area contributed by atoms with Gasteiger partial charge in [-0.25, -0.2) is 8.42 Å². The predicted molar refractivity (Wildman–Crippen MR) is 96.8 cm³/mol. The molecule has 0 saturated heterocycles. The first-order valence-corrected chi connectivity index (χ1v) is 9.29. The maximum Gasteiger partial charge on any atom is 0.261 e. The molecule has 1 aliphatic rings. The monoisotopic (exact) mass is 360 g/mol. The first-order valence-electron chi connectivity index (χ1n) is 7.80. The van der Waals surface area contributed by atoms with Crippen LogP contribution in [0.25, 0.3) is 0 Å². The second-order valence-electron chi connectivity index (χ2n) is 6.17. The van der Waals surface area contributed by atoms with Gasteiger partial charge >= 0.3 is 0 Å². The maximum absolute atomic E-state index is 12.7. The molecule has 0 bridgehead atoms. The molecule has 7 heteroatoms. The second kappa shape index (κ2) is 6.07. The van der Waals surface area contributed by atoms with E-state index in [1.54, 1.807) is 49.4 Å². The summed E-state index contributed by atoms with van der Waals surface area (Å²) in [5.41, 5.74) is 3.57. The van der Waals surface area contributed by atoms with E-state index < -0.39 is 10.0 Å². The molecule has 3 rings (SSSR count). The molecule has 0 fully saturated rings. The number of rotatable bonds is 4. The van der Waals surface area contributed by atoms with Gasteiger partial charge in [-0.2, -0.15) is 0 Å². The zero-order chi connectivity index (χ0) is 18.4. The van der Waals surface area contributed by atoms with Crippen molar-refractivity contribution in [2.24, 2.45) is 0 Å². The van der Waals surface area contributed by atoms with Crippen LogP contribution in [-0.4, -0.2) is 28.5 Å². The number of sulfonamides is 1. The van der Waals surface area contributed by atoms with E-state index in [1.807, 2.05) is 13.8 Å². The van der Waals surface area contributed by atoms with Gasteiger partial charge in [0.05, 0.1) is 18.4 Å². The van der Waals surface area contributed by atoms with Crippen LogP contribution in [0.3, 0.4) is 0 Å². The van der Waals surface area contributed by atoms with Crippen LogP contribution in [0.4, 0.5) is 11.4 Å². The Labute approximate surface area is 147 Å². The molecule has 0 aliphatic carbocycles. The molecule has 0 saturated carbocycles. The van der Waals surface area contributed by atoms with Crippen LogP contribution in [0.1, 0.15) is 16.7 Å². The van der Waals surface area contributed by atoms with Crippen molar-refractivity contribution in [2.75, 3.05) is 23.8 Å². The number of carbonyl (C=O) groups excluding carboxylic acids is 1.